The molecule has 1 aromatic heterocycles. The minimum atomic E-state index is 0.365. The van der Waals surface area contributed by atoms with Crippen LogP contribution in [0.15, 0.2) is 65.2 Å². The average molecular weight is 280 g/mol. The highest BCUT2D eigenvalue weighted by molar-refractivity contribution is 5.56. The molecule has 1 heterocycles. The molecule has 0 unspecified atom stereocenters. The van der Waals surface area contributed by atoms with Crippen LogP contribution in [0.4, 0.5) is 0 Å². The molecule has 0 bridgehead atoms. The fourth-order valence-electron chi connectivity index (χ4n) is 2.04. The Kier molecular flexibility index (Phi) is 3.98. The van der Waals surface area contributed by atoms with E-state index in [0.717, 1.165) is 28.3 Å². The Bertz CT molecular complexity index is 708. The van der Waals surface area contributed by atoms with Crippen LogP contribution >= 0.6 is 0 Å². The third-order valence-electron chi connectivity index (χ3n) is 3.14. The third kappa shape index (κ3) is 3.30. The summed E-state index contributed by atoms with van der Waals surface area (Å²) in [5, 5.41) is 4.03. The van der Waals surface area contributed by atoms with Gasteiger partial charge in [0, 0.05) is 18.2 Å². The largest absolute Gasteiger partial charge is 0.487 e. The van der Waals surface area contributed by atoms with E-state index in [4.69, 9.17) is 15.0 Å². The Morgan fingerprint density at radius 3 is 2.67 bits per heavy atom. The lowest BCUT2D eigenvalue weighted by Gasteiger charge is -2.05. The van der Waals surface area contributed by atoms with Gasteiger partial charge in [-0.05, 0) is 17.7 Å². The van der Waals surface area contributed by atoms with E-state index >= 15 is 0 Å². The van der Waals surface area contributed by atoms with Gasteiger partial charge >= 0.3 is 0 Å². The van der Waals surface area contributed by atoms with Crippen molar-refractivity contribution in [2.75, 3.05) is 0 Å². The second-order valence-electron chi connectivity index (χ2n) is 4.69. The molecular formula is C17H16N2O2. The topological polar surface area (TPSA) is 61.3 Å². The highest BCUT2D eigenvalue weighted by atomic mass is 16.5. The molecule has 2 aromatic carbocycles. The number of hydrogen-bond acceptors (Lipinski definition) is 4. The second-order valence-corrected chi connectivity index (χ2v) is 4.69. The first-order valence-electron chi connectivity index (χ1n) is 6.78. The van der Waals surface area contributed by atoms with Crippen LogP contribution in [-0.2, 0) is 13.2 Å². The number of nitrogens with two attached hydrogens (primary N) is 1. The molecule has 0 amide bonds. The normalized spacial score (nSPS) is 10.5. The molecule has 2 N–H and O–H groups in total. The summed E-state index contributed by atoms with van der Waals surface area (Å²) in [7, 11) is 0. The maximum atomic E-state index is 5.71. The molecule has 0 aliphatic rings. The molecular weight excluding hydrogens is 264 g/mol. The lowest BCUT2D eigenvalue weighted by Crippen LogP contribution is -1.98. The van der Waals surface area contributed by atoms with Gasteiger partial charge in [0.2, 0.25) is 0 Å². The summed E-state index contributed by atoms with van der Waals surface area (Å²) in [5.41, 5.74) is 8.41. The van der Waals surface area contributed by atoms with Crippen molar-refractivity contribution in [3.8, 4) is 17.1 Å². The standard InChI is InChI=1S/C17H16N2O2/c18-11-13-5-4-8-16(9-13)20-12-15-10-17(21-19-15)14-6-2-1-3-7-14/h1-10H,11-12,18H2. The third-order valence-corrected chi connectivity index (χ3v) is 3.14. The Morgan fingerprint density at radius 1 is 1.00 bits per heavy atom. The number of nitrogens with zero attached hydrogens (tertiary/aromatic N) is 1. The molecule has 0 saturated carbocycles. The van der Waals surface area contributed by atoms with Crippen LogP contribution in [0.25, 0.3) is 11.3 Å². The molecule has 0 radical (unpaired) electrons. The summed E-state index contributed by atoms with van der Waals surface area (Å²) in [5.74, 6) is 1.52. The molecule has 0 spiro atoms. The predicted octanol–water partition coefficient (Wildman–Crippen LogP) is 3.38. The van der Waals surface area contributed by atoms with Crippen molar-refractivity contribution in [3.63, 3.8) is 0 Å². The average Bonchev–Trinajstić information content (AvgIpc) is 3.03. The number of aromatic nitrogens is 1. The smallest absolute Gasteiger partial charge is 0.167 e. The number of rotatable bonds is 5. The first-order valence-corrected chi connectivity index (χ1v) is 6.78. The van der Waals surface area contributed by atoms with Crippen LogP contribution in [0.5, 0.6) is 5.75 Å². The van der Waals surface area contributed by atoms with Crippen molar-refractivity contribution < 1.29 is 9.26 Å². The molecule has 3 rings (SSSR count). The van der Waals surface area contributed by atoms with Gasteiger partial charge in [-0.15, -0.1) is 0 Å². The molecule has 4 heteroatoms. The highest BCUT2D eigenvalue weighted by Gasteiger charge is 2.07. The number of benzene rings is 2. The molecule has 0 aliphatic heterocycles. The molecule has 106 valence electrons. The van der Waals surface area contributed by atoms with Gasteiger partial charge in [-0.3, -0.25) is 0 Å². The first kappa shape index (κ1) is 13.4. The summed E-state index contributed by atoms with van der Waals surface area (Å²) < 4.78 is 11.0. The van der Waals surface area contributed by atoms with Crippen molar-refractivity contribution in [2.45, 2.75) is 13.2 Å². The Hall–Kier alpha value is -2.59. The van der Waals surface area contributed by atoms with Crippen molar-refractivity contribution in [1.82, 2.24) is 5.16 Å². The van der Waals surface area contributed by atoms with Crippen molar-refractivity contribution in [3.05, 3.63) is 71.9 Å². The summed E-state index contributed by atoms with van der Waals surface area (Å²) >= 11 is 0. The zero-order valence-corrected chi connectivity index (χ0v) is 11.5. The number of ether oxygens (including phenoxy) is 1. The molecule has 0 saturated heterocycles. The lowest BCUT2D eigenvalue weighted by molar-refractivity contribution is 0.290. The summed E-state index contributed by atoms with van der Waals surface area (Å²) in [6.07, 6.45) is 0. The van der Waals surface area contributed by atoms with E-state index in [2.05, 4.69) is 5.16 Å². The Balaban J connectivity index is 1.67. The zero-order chi connectivity index (χ0) is 14.5. The van der Waals surface area contributed by atoms with E-state index in [9.17, 15) is 0 Å². The van der Waals surface area contributed by atoms with E-state index < -0.39 is 0 Å². The Labute approximate surface area is 123 Å². The summed E-state index contributed by atoms with van der Waals surface area (Å²) in [4.78, 5) is 0. The quantitative estimate of drug-likeness (QED) is 0.778. The SMILES string of the molecule is NCc1cccc(OCc2cc(-c3ccccc3)on2)c1. The van der Waals surface area contributed by atoms with E-state index in [-0.39, 0.29) is 0 Å². The van der Waals surface area contributed by atoms with E-state index in [1.54, 1.807) is 0 Å². The van der Waals surface area contributed by atoms with Gasteiger partial charge in [-0.2, -0.15) is 0 Å². The first-order chi connectivity index (χ1) is 10.3. The zero-order valence-electron chi connectivity index (χ0n) is 11.5. The van der Waals surface area contributed by atoms with Gasteiger partial charge in [0.05, 0.1) is 0 Å². The van der Waals surface area contributed by atoms with Gasteiger partial charge < -0.3 is 15.0 Å². The molecule has 21 heavy (non-hydrogen) atoms. The molecule has 0 atom stereocenters. The van der Waals surface area contributed by atoms with Gasteiger partial charge in [-0.25, -0.2) is 0 Å². The van der Waals surface area contributed by atoms with Crippen LogP contribution in [0.1, 0.15) is 11.3 Å². The highest BCUT2D eigenvalue weighted by Crippen LogP contribution is 2.21. The fourth-order valence-corrected chi connectivity index (χ4v) is 2.04. The number of hydrogen-bond donors (Lipinski definition) is 1. The van der Waals surface area contributed by atoms with Gasteiger partial charge in [0.15, 0.2) is 5.76 Å². The van der Waals surface area contributed by atoms with E-state index in [0.29, 0.717) is 13.2 Å². The molecule has 3 aromatic rings. The van der Waals surface area contributed by atoms with Crippen molar-refractivity contribution >= 4 is 0 Å². The van der Waals surface area contributed by atoms with Gasteiger partial charge in [-0.1, -0.05) is 47.6 Å². The van der Waals surface area contributed by atoms with Crippen LogP contribution in [0.2, 0.25) is 0 Å². The maximum Gasteiger partial charge on any atom is 0.167 e. The van der Waals surface area contributed by atoms with Gasteiger partial charge in [0.1, 0.15) is 18.1 Å². The van der Waals surface area contributed by atoms with E-state index in [1.165, 1.54) is 0 Å². The molecule has 0 fully saturated rings. The fraction of sp³-hybridized carbons (Fsp3) is 0.118. The predicted molar refractivity (Wildman–Crippen MR) is 80.6 cm³/mol. The minimum Gasteiger partial charge on any atom is -0.487 e. The molecule has 4 nitrogen and oxygen atoms in total. The second kappa shape index (κ2) is 6.24. The van der Waals surface area contributed by atoms with Crippen molar-refractivity contribution in [2.24, 2.45) is 5.73 Å². The van der Waals surface area contributed by atoms with Crippen LogP contribution in [-0.4, -0.2) is 5.16 Å². The molecule has 0 aliphatic carbocycles. The Morgan fingerprint density at radius 2 is 1.86 bits per heavy atom. The minimum absolute atomic E-state index is 0.365. The maximum absolute atomic E-state index is 5.71. The monoisotopic (exact) mass is 280 g/mol. The van der Waals surface area contributed by atoms with Crippen LogP contribution < -0.4 is 10.5 Å². The summed E-state index contributed by atoms with van der Waals surface area (Å²) in [6.45, 7) is 0.865. The van der Waals surface area contributed by atoms with E-state index in [1.807, 2.05) is 60.7 Å². The van der Waals surface area contributed by atoms with Gasteiger partial charge in [0.25, 0.3) is 0 Å². The van der Waals surface area contributed by atoms with Crippen LogP contribution in [0.3, 0.4) is 0 Å². The van der Waals surface area contributed by atoms with Crippen molar-refractivity contribution in [1.29, 1.82) is 0 Å². The lowest BCUT2D eigenvalue weighted by atomic mass is 10.2. The van der Waals surface area contributed by atoms with Crippen LogP contribution in [0, 0.1) is 0 Å². The summed E-state index contributed by atoms with van der Waals surface area (Å²) in [6, 6.07) is 19.5.